The second-order valence-electron chi connectivity index (χ2n) is 2.39. The maximum atomic E-state index is 9.65. The number of hydrogen-bond acceptors (Lipinski definition) is 5. The smallest absolute Gasteiger partial charge is 0.235 e. The van der Waals surface area contributed by atoms with Crippen molar-refractivity contribution in [1.82, 2.24) is 0 Å². The van der Waals surface area contributed by atoms with Crippen molar-refractivity contribution in [3.63, 3.8) is 0 Å². The van der Waals surface area contributed by atoms with Crippen LogP contribution in [-0.4, -0.2) is 52.3 Å². The van der Waals surface area contributed by atoms with E-state index in [-0.39, 0.29) is 0 Å². The SMILES string of the molecule is CCOCCOCCOCCN=C=O. The summed E-state index contributed by atoms with van der Waals surface area (Å²) in [5, 5.41) is 0. The number of rotatable bonds is 10. The highest BCUT2D eigenvalue weighted by Crippen LogP contribution is 1.81. The van der Waals surface area contributed by atoms with E-state index in [0.717, 1.165) is 0 Å². The van der Waals surface area contributed by atoms with Crippen molar-refractivity contribution in [2.75, 3.05) is 46.2 Å². The fourth-order valence-electron chi connectivity index (χ4n) is 0.740. The summed E-state index contributed by atoms with van der Waals surface area (Å²) in [6.07, 6.45) is 1.44. The zero-order chi connectivity index (χ0) is 10.5. The van der Waals surface area contributed by atoms with Crippen LogP contribution in [0.5, 0.6) is 0 Å². The third-order valence-electron chi connectivity index (χ3n) is 1.36. The average Bonchev–Trinajstić information content (AvgIpc) is 2.21. The Kier molecular flexibility index (Phi) is 11.6. The van der Waals surface area contributed by atoms with Crippen molar-refractivity contribution in [3.8, 4) is 0 Å². The molecule has 0 saturated heterocycles. The highest BCUT2D eigenvalue weighted by Gasteiger charge is 1.89. The van der Waals surface area contributed by atoms with Gasteiger partial charge in [-0.05, 0) is 6.92 Å². The lowest BCUT2D eigenvalue weighted by atomic mass is 10.7. The summed E-state index contributed by atoms with van der Waals surface area (Å²) >= 11 is 0. The van der Waals surface area contributed by atoms with Gasteiger partial charge in [0.25, 0.3) is 0 Å². The average molecular weight is 203 g/mol. The van der Waals surface area contributed by atoms with E-state index < -0.39 is 0 Å². The Morgan fingerprint density at radius 3 is 2.14 bits per heavy atom. The van der Waals surface area contributed by atoms with Gasteiger partial charge in [-0.25, -0.2) is 9.79 Å². The number of nitrogens with zero attached hydrogens (tertiary/aromatic N) is 1. The zero-order valence-electron chi connectivity index (χ0n) is 8.53. The van der Waals surface area contributed by atoms with Crippen molar-refractivity contribution < 1.29 is 19.0 Å². The van der Waals surface area contributed by atoms with Gasteiger partial charge in [0.05, 0.1) is 39.6 Å². The molecule has 0 fully saturated rings. The van der Waals surface area contributed by atoms with Crippen LogP contribution in [0.15, 0.2) is 4.99 Å². The maximum Gasteiger partial charge on any atom is 0.235 e. The molecule has 0 N–H and O–H groups in total. The van der Waals surface area contributed by atoms with Gasteiger partial charge in [-0.2, -0.15) is 0 Å². The van der Waals surface area contributed by atoms with E-state index in [1.54, 1.807) is 0 Å². The third-order valence-corrected chi connectivity index (χ3v) is 1.36. The molecule has 0 aromatic rings. The summed E-state index contributed by atoms with van der Waals surface area (Å²) in [5.74, 6) is 0. The van der Waals surface area contributed by atoms with E-state index in [1.165, 1.54) is 6.08 Å². The van der Waals surface area contributed by atoms with E-state index in [0.29, 0.717) is 46.2 Å². The first-order valence-corrected chi connectivity index (χ1v) is 4.68. The van der Waals surface area contributed by atoms with Crippen LogP contribution in [-0.2, 0) is 19.0 Å². The molecule has 0 unspecified atom stereocenters. The molecule has 0 rings (SSSR count). The molecule has 0 radical (unpaired) electrons. The quantitative estimate of drug-likeness (QED) is 0.293. The highest BCUT2D eigenvalue weighted by molar-refractivity contribution is 5.32. The third kappa shape index (κ3) is 11.3. The minimum atomic E-state index is 0.364. The lowest BCUT2D eigenvalue weighted by molar-refractivity contribution is 0.0185. The highest BCUT2D eigenvalue weighted by atomic mass is 16.5. The van der Waals surface area contributed by atoms with Gasteiger partial charge in [0, 0.05) is 6.61 Å². The minimum absolute atomic E-state index is 0.364. The number of ether oxygens (including phenoxy) is 3. The Balaban J connectivity index is 2.88. The predicted octanol–water partition coefficient (Wildman–Crippen LogP) is 0.392. The number of hydrogen-bond donors (Lipinski definition) is 0. The van der Waals surface area contributed by atoms with Gasteiger partial charge in [0.15, 0.2) is 0 Å². The molecule has 0 aromatic carbocycles. The second kappa shape index (κ2) is 12.3. The summed E-state index contributed by atoms with van der Waals surface area (Å²) in [6.45, 7) is 5.71. The largest absolute Gasteiger partial charge is 0.379 e. The lowest BCUT2D eigenvalue weighted by Gasteiger charge is -2.04. The molecule has 0 bridgehead atoms. The van der Waals surface area contributed by atoms with Crippen molar-refractivity contribution >= 4 is 6.08 Å². The normalized spacial score (nSPS) is 9.79. The minimum Gasteiger partial charge on any atom is -0.379 e. The molecule has 0 aliphatic rings. The topological polar surface area (TPSA) is 57.1 Å². The molecule has 0 spiro atoms. The molecular formula is C9H17NO4. The molecule has 0 aliphatic heterocycles. The van der Waals surface area contributed by atoms with Crippen LogP contribution in [0.1, 0.15) is 6.92 Å². The van der Waals surface area contributed by atoms with E-state index >= 15 is 0 Å². The fraction of sp³-hybridized carbons (Fsp3) is 0.889. The molecule has 0 amide bonds. The standard InChI is InChI=1S/C9H17NO4/c1-2-12-5-6-14-8-7-13-4-3-10-9-11/h2-8H2,1H3. The first-order valence-electron chi connectivity index (χ1n) is 4.68. The molecule has 0 aliphatic carbocycles. The van der Waals surface area contributed by atoms with Crippen LogP contribution < -0.4 is 0 Å². The first-order chi connectivity index (χ1) is 6.91. The number of aliphatic imine (C=N–C) groups is 1. The number of carbonyl (C=O) groups excluding carboxylic acids is 1. The Morgan fingerprint density at radius 1 is 1.00 bits per heavy atom. The Labute approximate surface area is 84.1 Å². The second-order valence-corrected chi connectivity index (χ2v) is 2.39. The lowest BCUT2D eigenvalue weighted by Crippen LogP contribution is -2.10. The zero-order valence-corrected chi connectivity index (χ0v) is 8.53. The molecule has 0 saturated carbocycles. The van der Waals surface area contributed by atoms with Crippen LogP contribution in [0, 0.1) is 0 Å². The maximum absolute atomic E-state index is 9.65. The Morgan fingerprint density at radius 2 is 1.57 bits per heavy atom. The summed E-state index contributed by atoms with van der Waals surface area (Å²) < 4.78 is 15.4. The van der Waals surface area contributed by atoms with Crippen LogP contribution in [0.2, 0.25) is 0 Å². The van der Waals surface area contributed by atoms with Gasteiger partial charge >= 0.3 is 0 Å². The number of isocyanates is 1. The van der Waals surface area contributed by atoms with Gasteiger partial charge < -0.3 is 14.2 Å². The van der Waals surface area contributed by atoms with Crippen LogP contribution in [0.3, 0.4) is 0 Å². The van der Waals surface area contributed by atoms with Gasteiger partial charge in [0.1, 0.15) is 0 Å². The van der Waals surface area contributed by atoms with E-state index in [9.17, 15) is 4.79 Å². The van der Waals surface area contributed by atoms with Gasteiger partial charge in [0.2, 0.25) is 6.08 Å². The van der Waals surface area contributed by atoms with Crippen LogP contribution >= 0.6 is 0 Å². The van der Waals surface area contributed by atoms with Gasteiger partial charge in [-0.1, -0.05) is 0 Å². The molecule has 5 heteroatoms. The molecule has 0 aromatic heterocycles. The van der Waals surface area contributed by atoms with Crippen LogP contribution in [0.25, 0.3) is 0 Å². The molecule has 0 heterocycles. The van der Waals surface area contributed by atoms with Gasteiger partial charge in [-0.3, -0.25) is 0 Å². The van der Waals surface area contributed by atoms with E-state index in [1.807, 2.05) is 6.92 Å². The summed E-state index contributed by atoms with van der Waals surface area (Å²) in [6, 6.07) is 0. The predicted molar refractivity (Wildman–Crippen MR) is 51.1 cm³/mol. The van der Waals surface area contributed by atoms with Gasteiger partial charge in [-0.15, -0.1) is 0 Å². The Bertz CT molecular complexity index is 157. The molecular weight excluding hydrogens is 186 g/mol. The fourth-order valence-corrected chi connectivity index (χ4v) is 0.740. The Hall–Kier alpha value is -0.740. The van der Waals surface area contributed by atoms with Crippen molar-refractivity contribution in [2.24, 2.45) is 4.99 Å². The summed E-state index contributed by atoms with van der Waals surface area (Å²) in [5.41, 5.74) is 0. The van der Waals surface area contributed by atoms with Crippen molar-refractivity contribution in [1.29, 1.82) is 0 Å². The molecule has 14 heavy (non-hydrogen) atoms. The summed E-state index contributed by atoms with van der Waals surface area (Å²) in [7, 11) is 0. The summed E-state index contributed by atoms with van der Waals surface area (Å²) in [4.78, 5) is 13.0. The van der Waals surface area contributed by atoms with Crippen LogP contribution in [0.4, 0.5) is 0 Å². The molecule has 0 atom stereocenters. The molecule has 82 valence electrons. The van der Waals surface area contributed by atoms with Crippen molar-refractivity contribution in [2.45, 2.75) is 6.92 Å². The molecule has 5 nitrogen and oxygen atoms in total. The first kappa shape index (κ1) is 13.3. The van der Waals surface area contributed by atoms with E-state index in [4.69, 9.17) is 14.2 Å². The monoisotopic (exact) mass is 203 g/mol. The van der Waals surface area contributed by atoms with E-state index in [2.05, 4.69) is 4.99 Å². The van der Waals surface area contributed by atoms with Crippen molar-refractivity contribution in [3.05, 3.63) is 0 Å².